The number of hydrogen-bond donors (Lipinski definition) is 0. The molecule has 0 amide bonds. The van der Waals surface area contributed by atoms with Crippen LogP contribution in [-0.4, -0.2) is 13.1 Å². The van der Waals surface area contributed by atoms with Crippen LogP contribution in [0, 0.1) is 23.2 Å². The predicted molar refractivity (Wildman–Crippen MR) is 45.2 cm³/mol. The zero-order valence-electron chi connectivity index (χ0n) is 7.83. The van der Waals surface area contributed by atoms with Crippen LogP contribution in [0.15, 0.2) is 0 Å². The van der Waals surface area contributed by atoms with Crippen LogP contribution in [0.2, 0.25) is 0 Å². The number of rotatable bonds is 4. The van der Waals surface area contributed by atoms with Crippen LogP contribution in [0.4, 0.5) is 0 Å². The molecule has 0 heterocycles. The highest BCUT2D eigenvalue weighted by Crippen LogP contribution is 2.14. The summed E-state index contributed by atoms with van der Waals surface area (Å²) >= 11 is 0. The third kappa shape index (κ3) is 4.73. The molecule has 3 nitrogen and oxygen atoms in total. The second-order valence-corrected chi connectivity index (χ2v) is 3.24. The fourth-order valence-electron chi connectivity index (χ4n) is 1.04. The Bertz CT molecular complexity index is 181. The Morgan fingerprint density at radius 1 is 1.58 bits per heavy atom. The van der Waals surface area contributed by atoms with Crippen LogP contribution in [0.5, 0.6) is 0 Å². The van der Waals surface area contributed by atoms with Gasteiger partial charge in [0, 0.05) is 0 Å². The lowest BCUT2D eigenvalue weighted by Gasteiger charge is -2.09. The van der Waals surface area contributed by atoms with Crippen LogP contribution >= 0.6 is 0 Å². The van der Waals surface area contributed by atoms with E-state index in [0.29, 0.717) is 5.92 Å². The van der Waals surface area contributed by atoms with Crippen LogP contribution in [0.1, 0.15) is 26.7 Å². The summed E-state index contributed by atoms with van der Waals surface area (Å²) in [6, 6.07) is 2.10. The molecule has 0 aliphatic rings. The van der Waals surface area contributed by atoms with Gasteiger partial charge in [0.2, 0.25) is 0 Å². The van der Waals surface area contributed by atoms with Crippen molar-refractivity contribution in [2.75, 3.05) is 7.11 Å². The molecule has 1 unspecified atom stereocenters. The first-order valence-electron chi connectivity index (χ1n) is 4.06. The molecule has 0 N–H and O–H groups in total. The van der Waals surface area contributed by atoms with E-state index in [1.807, 2.05) is 13.8 Å². The van der Waals surface area contributed by atoms with Gasteiger partial charge >= 0.3 is 5.97 Å². The third-order valence-corrected chi connectivity index (χ3v) is 1.58. The van der Waals surface area contributed by atoms with E-state index in [1.165, 1.54) is 7.11 Å². The van der Waals surface area contributed by atoms with E-state index in [0.717, 1.165) is 6.42 Å². The first-order valence-corrected chi connectivity index (χ1v) is 4.06. The van der Waals surface area contributed by atoms with Crippen molar-refractivity contribution in [1.29, 1.82) is 5.26 Å². The maximum Gasteiger partial charge on any atom is 0.306 e. The average molecular weight is 169 g/mol. The molecule has 12 heavy (non-hydrogen) atoms. The van der Waals surface area contributed by atoms with Gasteiger partial charge in [-0.3, -0.25) is 4.79 Å². The Labute approximate surface area is 73.3 Å². The zero-order chi connectivity index (χ0) is 9.56. The molecule has 0 aliphatic carbocycles. The third-order valence-electron chi connectivity index (χ3n) is 1.58. The first-order chi connectivity index (χ1) is 5.60. The number of ether oxygens (including phenoxy) is 1. The molecule has 0 aliphatic heterocycles. The van der Waals surface area contributed by atoms with Gasteiger partial charge in [-0.1, -0.05) is 13.8 Å². The summed E-state index contributed by atoms with van der Waals surface area (Å²) in [6.45, 7) is 4.06. The van der Waals surface area contributed by atoms with Crippen LogP contribution in [0.25, 0.3) is 0 Å². The van der Waals surface area contributed by atoms with Crippen molar-refractivity contribution in [2.45, 2.75) is 26.7 Å². The highest BCUT2D eigenvalue weighted by molar-refractivity contribution is 5.69. The van der Waals surface area contributed by atoms with Gasteiger partial charge in [-0.2, -0.15) is 5.26 Å². The van der Waals surface area contributed by atoms with Crippen LogP contribution < -0.4 is 0 Å². The zero-order valence-corrected chi connectivity index (χ0v) is 7.83. The number of esters is 1. The summed E-state index contributed by atoms with van der Waals surface area (Å²) < 4.78 is 4.47. The SMILES string of the molecule is COC(=O)CC(C#N)CC(C)C. The number of carbonyl (C=O) groups excluding carboxylic acids is 1. The number of hydrogen-bond acceptors (Lipinski definition) is 3. The molecular weight excluding hydrogens is 154 g/mol. The van der Waals surface area contributed by atoms with Crippen molar-refractivity contribution in [3.8, 4) is 6.07 Å². The van der Waals surface area contributed by atoms with Crippen LogP contribution in [0.3, 0.4) is 0 Å². The summed E-state index contributed by atoms with van der Waals surface area (Å²) in [5.41, 5.74) is 0. The lowest BCUT2D eigenvalue weighted by atomic mass is 9.96. The highest BCUT2D eigenvalue weighted by atomic mass is 16.5. The minimum atomic E-state index is -0.304. The molecule has 0 aromatic carbocycles. The lowest BCUT2D eigenvalue weighted by Crippen LogP contribution is -2.10. The second-order valence-electron chi connectivity index (χ2n) is 3.24. The van der Waals surface area contributed by atoms with Gasteiger partial charge in [0.05, 0.1) is 25.5 Å². The van der Waals surface area contributed by atoms with Crippen molar-refractivity contribution in [3.05, 3.63) is 0 Å². The molecule has 0 aromatic rings. The second kappa shape index (κ2) is 5.59. The minimum absolute atomic E-state index is 0.197. The number of nitrogens with zero attached hydrogens (tertiary/aromatic N) is 1. The van der Waals surface area contributed by atoms with Crippen molar-refractivity contribution in [2.24, 2.45) is 11.8 Å². The average Bonchev–Trinajstić information content (AvgIpc) is 2.02. The van der Waals surface area contributed by atoms with E-state index in [-0.39, 0.29) is 18.3 Å². The van der Waals surface area contributed by atoms with Crippen LogP contribution in [-0.2, 0) is 9.53 Å². The van der Waals surface area contributed by atoms with Crippen molar-refractivity contribution in [1.82, 2.24) is 0 Å². The Hall–Kier alpha value is -1.04. The maximum atomic E-state index is 10.8. The molecule has 0 aromatic heterocycles. The Morgan fingerprint density at radius 3 is 2.50 bits per heavy atom. The van der Waals surface area contributed by atoms with Crippen molar-refractivity contribution < 1.29 is 9.53 Å². The largest absolute Gasteiger partial charge is 0.469 e. The van der Waals surface area contributed by atoms with E-state index in [9.17, 15) is 4.79 Å². The normalized spacial score (nSPS) is 12.2. The molecule has 0 rings (SSSR count). The van der Waals surface area contributed by atoms with Crippen molar-refractivity contribution >= 4 is 5.97 Å². The molecule has 0 fully saturated rings. The molecular formula is C9H15NO2. The first kappa shape index (κ1) is 11.0. The monoisotopic (exact) mass is 169 g/mol. The van der Waals surface area contributed by atoms with Gasteiger partial charge in [-0.05, 0) is 12.3 Å². The van der Waals surface area contributed by atoms with E-state index >= 15 is 0 Å². The number of nitriles is 1. The fraction of sp³-hybridized carbons (Fsp3) is 0.778. The summed E-state index contributed by atoms with van der Waals surface area (Å²) in [7, 11) is 1.34. The molecule has 0 spiro atoms. The maximum absolute atomic E-state index is 10.8. The summed E-state index contributed by atoms with van der Waals surface area (Å²) in [4.78, 5) is 10.8. The summed E-state index contributed by atoms with van der Waals surface area (Å²) in [6.07, 6.45) is 0.969. The predicted octanol–water partition coefficient (Wildman–Crippen LogP) is 1.74. The Morgan fingerprint density at radius 2 is 2.17 bits per heavy atom. The standard InChI is InChI=1S/C9H15NO2/c1-7(2)4-8(6-10)5-9(11)12-3/h7-8H,4-5H2,1-3H3. The van der Waals surface area contributed by atoms with Gasteiger partial charge in [0.25, 0.3) is 0 Å². The molecule has 1 atom stereocenters. The minimum Gasteiger partial charge on any atom is -0.469 e. The van der Waals surface area contributed by atoms with E-state index in [1.54, 1.807) is 0 Å². The molecule has 0 saturated heterocycles. The van der Waals surface area contributed by atoms with E-state index < -0.39 is 0 Å². The Kier molecular flexibility index (Phi) is 5.11. The Balaban J connectivity index is 3.85. The summed E-state index contributed by atoms with van der Waals surface area (Å²) in [5.74, 6) is -0.0565. The number of methoxy groups -OCH3 is 1. The van der Waals surface area contributed by atoms with Gasteiger partial charge in [0.15, 0.2) is 0 Å². The van der Waals surface area contributed by atoms with Gasteiger partial charge in [-0.15, -0.1) is 0 Å². The lowest BCUT2D eigenvalue weighted by molar-refractivity contribution is -0.141. The van der Waals surface area contributed by atoms with Gasteiger partial charge < -0.3 is 4.74 Å². The molecule has 0 saturated carbocycles. The quantitative estimate of drug-likeness (QED) is 0.602. The summed E-state index contributed by atoms with van der Waals surface area (Å²) in [5, 5.41) is 8.66. The molecule has 0 bridgehead atoms. The van der Waals surface area contributed by atoms with Gasteiger partial charge in [-0.25, -0.2) is 0 Å². The molecule has 0 radical (unpaired) electrons. The smallest absolute Gasteiger partial charge is 0.306 e. The molecule has 68 valence electrons. The highest BCUT2D eigenvalue weighted by Gasteiger charge is 2.14. The van der Waals surface area contributed by atoms with Crippen molar-refractivity contribution in [3.63, 3.8) is 0 Å². The topological polar surface area (TPSA) is 50.1 Å². The number of carbonyl (C=O) groups is 1. The van der Waals surface area contributed by atoms with E-state index in [4.69, 9.17) is 5.26 Å². The van der Waals surface area contributed by atoms with Gasteiger partial charge in [0.1, 0.15) is 0 Å². The molecule has 3 heteroatoms. The fourth-order valence-corrected chi connectivity index (χ4v) is 1.04. The van der Waals surface area contributed by atoms with E-state index in [2.05, 4.69) is 10.8 Å².